The monoisotopic (exact) mass is 1030 g/mol. The lowest BCUT2D eigenvalue weighted by molar-refractivity contribution is -0.122. The van der Waals surface area contributed by atoms with E-state index >= 15 is 0 Å². The molecule has 4 aromatic carbocycles. The first-order valence-corrected chi connectivity index (χ1v) is 26.4. The molecule has 2 aliphatic rings. The van der Waals surface area contributed by atoms with Gasteiger partial charge < -0.3 is 20.1 Å². The molecule has 2 unspecified atom stereocenters. The van der Waals surface area contributed by atoms with E-state index in [1.807, 2.05) is 64.1 Å². The van der Waals surface area contributed by atoms with E-state index < -0.39 is 48.7 Å². The first-order chi connectivity index (χ1) is 34.1. The number of halogens is 2. The molecule has 2 aliphatic heterocycles. The van der Waals surface area contributed by atoms with Crippen LogP contribution in [0.15, 0.2) is 70.9 Å². The van der Waals surface area contributed by atoms with E-state index in [2.05, 4.69) is 106 Å². The Bertz CT molecular complexity index is 2630. The molecule has 0 aromatic heterocycles. The zero-order valence-electron chi connectivity index (χ0n) is 45.9. The van der Waals surface area contributed by atoms with Crippen molar-refractivity contribution in [2.24, 2.45) is 22.0 Å². The Labute approximate surface area is 443 Å². The smallest absolute Gasteiger partial charge is 0.263 e. The molecule has 12 nitrogen and oxygen atoms in total. The van der Waals surface area contributed by atoms with E-state index in [9.17, 15) is 19.2 Å². The average molecular weight is 1040 g/mol. The summed E-state index contributed by atoms with van der Waals surface area (Å²) in [5, 5.41) is 18.1. The highest BCUT2D eigenvalue weighted by Gasteiger charge is 2.47. The molecule has 14 heteroatoms. The maximum atomic E-state index is 14.9. The Balaban J connectivity index is 1.34. The number of hydrogen-bond donors (Lipinski definition) is 2. The summed E-state index contributed by atoms with van der Waals surface area (Å²) < 4.78 is 12.6. The second-order valence-corrected chi connectivity index (χ2v) is 23.3. The molecule has 0 bridgehead atoms. The van der Waals surface area contributed by atoms with Crippen LogP contribution in [0.3, 0.4) is 0 Å². The lowest BCUT2D eigenvalue weighted by Gasteiger charge is -2.30. The number of aryl methyl sites for hydroxylation is 4. The van der Waals surface area contributed by atoms with Gasteiger partial charge in [0.15, 0.2) is 13.2 Å². The second kappa shape index (κ2) is 22.0. The summed E-state index contributed by atoms with van der Waals surface area (Å²) in [4.78, 5) is 58.0. The van der Waals surface area contributed by atoms with Gasteiger partial charge in [0.2, 0.25) is 0 Å². The molecule has 0 saturated heterocycles. The zero-order chi connectivity index (χ0) is 54.1. The summed E-state index contributed by atoms with van der Waals surface area (Å²) >= 11 is 13.7. The zero-order valence-corrected chi connectivity index (χ0v) is 47.4. The van der Waals surface area contributed by atoms with Crippen LogP contribution in [0.5, 0.6) is 11.5 Å². The summed E-state index contributed by atoms with van der Waals surface area (Å²) in [6.07, 6.45) is 3.30. The van der Waals surface area contributed by atoms with Gasteiger partial charge in [-0.1, -0.05) is 143 Å². The molecular weight excluding hydrogens is 960 g/mol. The molecule has 2 heterocycles. The molecule has 0 radical (unpaired) electrons. The van der Waals surface area contributed by atoms with Gasteiger partial charge in [-0.25, -0.2) is 0 Å². The van der Waals surface area contributed by atoms with Crippen LogP contribution in [0.2, 0.25) is 10.0 Å². The molecule has 2 N–H and O–H groups in total. The molecule has 73 heavy (non-hydrogen) atoms. The van der Waals surface area contributed by atoms with Crippen LogP contribution in [-0.4, -0.2) is 48.5 Å². The third kappa shape index (κ3) is 12.1. The molecule has 0 spiro atoms. The van der Waals surface area contributed by atoms with Gasteiger partial charge in [-0.2, -0.15) is 20.2 Å². The van der Waals surface area contributed by atoms with Crippen molar-refractivity contribution in [3.8, 4) is 11.5 Å². The number of rotatable bonds is 18. The summed E-state index contributed by atoms with van der Waals surface area (Å²) in [5.41, 5.74) is 7.43. The summed E-state index contributed by atoms with van der Waals surface area (Å²) in [5.74, 6) is -3.53. The molecule has 4 amide bonds. The van der Waals surface area contributed by atoms with Crippen LogP contribution in [0, 0.1) is 39.5 Å². The summed E-state index contributed by atoms with van der Waals surface area (Å²) in [6.45, 7) is 32.6. The Morgan fingerprint density at radius 1 is 0.548 bits per heavy atom. The minimum atomic E-state index is -1.21. The minimum Gasteiger partial charge on any atom is -0.483 e. The van der Waals surface area contributed by atoms with Crippen molar-refractivity contribution >= 4 is 69.9 Å². The van der Waals surface area contributed by atoms with Crippen molar-refractivity contribution in [3.05, 3.63) is 115 Å². The maximum Gasteiger partial charge on any atom is 0.263 e. The molecule has 0 saturated carbocycles. The molecule has 6 rings (SSSR count). The van der Waals surface area contributed by atoms with Crippen molar-refractivity contribution in [1.29, 1.82) is 0 Å². The predicted molar refractivity (Wildman–Crippen MR) is 297 cm³/mol. The van der Waals surface area contributed by atoms with Gasteiger partial charge in [0.05, 0.1) is 21.4 Å². The van der Waals surface area contributed by atoms with E-state index in [0.717, 1.165) is 47.9 Å². The van der Waals surface area contributed by atoms with Crippen LogP contribution in [0.1, 0.15) is 160 Å². The second-order valence-electron chi connectivity index (χ2n) is 22.5. The highest BCUT2D eigenvalue weighted by atomic mass is 35.5. The first-order valence-electron chi connectivity index (χ1n) is 25.6. The number of anilines is 2. The standard InChI is InChI=1S/C59H76Cl2N6O6/c1-17-56(9,10)38-21-23-46(42(29-38)58(13,14)19-3)72-32-48(68)62-52-40(54(70)66(64-52)50-36(7)25-34(5)27-44(50)60)31-41-53(65-67(55(41)71)51-37(8)26-35(6)28-45(51)61)63-49(69)33-73-47-24-22-39(57(11,12)18-2)30-43(47)59(15,16)20-4/h21-30,40-41H,17-20,31-33H2,1-16H3,(H,62,64,68)(H,63,65,69). The van der Waals surface area contributed by atoms with Crippen LogP contribution < -0.4 is 30.1 Å². The highest BCUT2D eigenvalue weighted by Crippen LogP contribution is 2.42. The average Bonchev–Trinajstić information content (AvgIpc) is 3.78. The fourth-order valence-corrected chi connectivity index (χ4v) is 9.99. The normalized spacial score (nSPS) is 16.5. The number of ether oxygens (including phenoxy) is 2. The topological polar surface area (TPSA) is 142 Å². The van der Waals surface area contributed by atoms with E-state index in [0.29, 0.717) is 34.0 Å². The third-order valence-corrected chi connectivity index (χ3v) is 16.1. The number of amidine groups is 2. The van der Waals surface area contributed by atoms with Gasteiger partial charge in [0.25, 0.3) is 23.6 Å². The fourth-order valence-electron chi connectivity index (χ4n) is 9.19. The van der Waals surface area contributed by atoms with E-state index in [1.54, 1.807) is 12.1 Å². The Morgan fingerprint density at radius 2 is 0.890 bits per heavy atom. The Morgan fingerprint density at radius 3 is 1.21 bits per heavy atom. The molecule has 0 aliphatic carbocycles. The molecule has 392 valence electrons. The number of hydrazone groups is 2. The Kier molecular flexibility index (Phi) is 17.1. The van der Waals surface area contributed by atoms with E-state index in [1.165, 1.54) is 21.1 Å². The molecule has 4 aromatic rings. The van der Waals surface area contributed by atoms with Crippen LogP contribution in [0.25, 0.3) is 0 Å². The number of hydrogen-bond acceptors (Lipinski definition) is 8. The quantitative estimate of drug-likeness (QED) is 0.102. The van der Waals surface area contributed by atoms with Gasteiger partial charge >= 0.3 is 0 Å². The number of carbonyl (C=O) groups excluding carboxylic acids is 4. The van der Waals surface area contributed by atoms with Crippen LogP contribution >= 0.6 is 23.2 Å². The number of carbonyl (C=O) groups is 4. The number of nitrogens with one attached hydrogen (secondary N) is 2. The SMILES string of the molecule is CCC(C)(C)c1ccc(OCC(=O)NC2=NN(c3c(C)cc(C)cc3Cl)C(=O)C2CC2C(=O)N(c3c(C)cc(C)cc3Cl)N=C2NC(=O)COc2ccc(C(C)(C)CC)cc2C(C)(C)CC)c(C(C)(C)CC)c1. The number of benzene rings is 4. The van der Waals surface area contributed by atoms with Gasteiger partial charge in [-0.3, -0.25) is 19.2 Å². The van der Waals surface area contributed by atoms with Crippen LogP contribution in [0.4, 0.5) is 11.4 Å². The van der Waals surface area contributed by atoms with Gasteiger partial charge in [0.1, 0.15) is 35.0 Å². The molecular formula is C59H76Cl2N6O6. The van der Waals surface area contributed by atoms with Gasteiger partial charge in [-0.15, -0.1) is 0 Å². The van der Waals surface area contributed by atoms with Crippen molar-refractivity contribution < 1.29 is 28.7 Å². The summed E-state index contributed by atoms with van der Waals surface area (Å²) in [7, 11) is 0. The number of nitrogens with zero attached hydrogens (tertiary/aromatic N) is 4. The predicted octanol–water partition coefficient (Wildman–Crippen LogP) is 13.0. The molecule has 2 atom stereocenters. The third-order valence-electron chi connectivity index (χ3n) is 15.5. The molecule has 0 fully saturated rings. The van der Waals surface area contributed by atoms with Crippen molar-refractivity contribution in [1.82, 2.24) is 10.6 Å². The lowest BCUT2D eigenvalue weighted by Crippen LogP contribution is -2.44. The summed E-state index contributed by atoms with van der Waals surface area (Å²) in [6, 6.07) is 19.5. The minimum absolute atomic E-state index is 0.0191. The first kappa shape index (κ1) is 56.6. The van der Waals surface area contributed by atoms with Gasteiger partial charge in [0, 0.05) is 11.1 Å². The van der Waals surface area contributed by atoms with Gasteiger partial charge in [-0.05, 0) is 139 Å². The lowest BCUT2D eigenvalue weighted by atomic mass is 9.76. The van der Waals surface area contributed by atoms with Crippen LogP contribution in [-0.2, 0) is 40.8 Å². The van der Waals surface area contributed by atoms with Crippen molar-refractivity contribution in [2.45, 2.75) is 165 Å². The van der Waals surface area contributed by atoms with E-state index in [-0.39, 0.29) is 49.8 Å². The largest absolute Gasteiger partial charge is 0.483 e. The highest BCUT2D eigenvalue weighted by molar-refractivity contribution is 6.35. The Hall–Kier alpha value is -5.72. The van der Waals surface area contributed by atoms with Crippen molar-refractivity contribution in [3.63, 3.8) is 0 Å². The van der Waals surface area contributed by atoms with E-state index in [4.69, 9.17) is 42.9 Å². The number of amides is 4. The maximum absolute atomic E-state index is 14.9. The van der Waals surface area contributed by atoms with Crippen molar-refractivity contribution in [2.75, 3.05) is 23.2 Å². The fraction of sp³-hybridized carbons (Fsp3) is 0.492.